The molecule has 0 aliphatic heterocycles. The fraction of sp³-hybridized carbons (Fsp3) is 0.875. The number of nitrogens with two attached hydrogens (primary N) is 1. The van der Waals surface area contributed by atoms with E-state index in [1.165, 1.54) is 0 Å². The lowest BCUT2D eigenvalue weighted by molar-refractivity contribution is -0.117. The van der Waals surface area contributed by atoms with Gasteiger partial charge in [-0.05, 0) is 6.42 Å². The lowest BCUT2D eigenvalue weighted by Crippen LogP contribution is -2.30. The number of carbonyl (C=O) groups excluding carboxylic acids is 1. The number of carbonyl (C=O) groups is 1. The van der Waals surface area contributed by atoms with Crippen molar-refractivity contribution < 1.29 is 9.53 Å². The summed E-state index contributed by atoms with van der Waals surface area (Å²) in [6.45, 7) is 4.49. The van der Waals surface area contributed by atoms with Crippen molar-refractivity contribution in [1.29, 1.82) is 0 Å². The predicted molar refractivity (Wildman–Crippen MR) is 47.8 cm³/mol. The molecule has 0 aromatic heterocycles. The van der Waals surface area contributed by atoms with E-state index in [9.17, 15) is 4.79 Å². The molecular formula is C8H18N2O2. The zero-order valence-electron chi connectivity index (χ0n) is 7.64. The second-order valence-corrected chi connectivity index (χ2v) is 2.61. The SMILES string of the molecule is CCCCOCCNCC(N)=O. The summed E-state index contributed by atoms with van der Waals surface area (Å²) in [6, 6.07) is 0. The normalized spacial score (nSPS) is 10.1. The smallest absolute Gasteiger partial charge is 0.231 e. The molecule has 0 aromatic carbocycles. The van der Waals surface area contributed by atoms with Crippen LogP contribution in [-0.2, 0) is 9.53 Å². The molecule has 0 spiro atoms. The second-order valence-electron chi connectivity index (χ2n) is 2.61. The van der Waals surface area contributed by atoms with Gasteiger partial charge in [-0.1, -0.05) is 13.3 Å². The van der Waals surface area contributed by atoms with Crippen molar-refractivity contribution in [2.45, 2.75) is 19.8 Å². The van der Waals surface area contributed by atoms with Gasteiger partial charge in [0.05, 0.1) is 13.2 Å². The Hall–Kier alpha value is -0.610. The minimum Gasteiger partial charge on any atom is -0.380 e. The van der Waals surface area contributed by atoms with Gasteiger partial charge in [-0.15, -0.1) is 0 Å². The van der Waals surface area contributed by atoms with Crippen LogP contribution in [0.3, 0.4) is 0 Å². The molecule has 0 fully saturated rings. The molecule has 0 bridgehead atoms. The van der Waals surface area contributed by atoms with Gasteiger partial charge in [-0.3, -0.25) is 4.79 Å². The molecule has 3 N–H and O–H groups in total. The fourth-order valence-electron chi connectivity index (χ4n) is 0.704. The monoisotopic (exact) mass is 174 g/mol. The van der Waals surface area contributed by atoms with E-state index in [-0.39, 0.29) is 12.5 Å². The molecule has 4 heteroatoms. The quantitative estimate of drug-likeness (QED) is 0.504. The number of ether oxygens (including phenoxy) is 1. The summed E-state index contributed by atoms with van der Waals surface area (Å²) in [5.41, 5.74) is 4.91. The molecule has 0 aliphatic rings. The minimum atomic E-state index is -0.330. The van der Waals surface area contributed by atoms with Gasteiger partial charge >= 0.3 is 0 Å². The van der Waals surface area contributed by atoms with E-state index < -0.39 is 0 Å². The van der Waals surface area contributed by atoms with E-state index in [1.807, 2.05) is 0 Å². The Labute approximate surface area is 73.5 Å². The molecule has 1 amide bonds. The highest BCUT2D eigenvalue weighted by atomic mass is 16.5. The van der Waals surface area contributed by atoms with E-state index >= 15 is 0 Å². The molecule has 0 aromatic rings. The molecule has 72 valence electrons. The predicted octanol–water partition coefficient (Wildman–Crippen LogP) is -0.122. The average Bonchev–Trinajstić information content (AvgIpc) is 2.02. The van der Waals surface area contributed by atoms with Crippen LogP contribution in [0.2, 0.25) is 0 Å². The van der Waals surface area contributed by atoms with E-state index in [1.54, 1.807) is 0 Å². The molecule has 0 saturated carbocycles. The standard InChI is InChI=1S/C8H18N2O2/c1-2-3-5-12-6-4-10-7-8(9)11/h10H,2-7H2,1H3,(H2,9,11). The third-order valence-corrected chi connectivity index (χ3v) is 1.36. The van der Waals surface area contributed by atoms with Gasteiger partial charge in [-0.2, -0.15) is 0 Å². The van der Waals surface area contributed by atoms with E-state index in [2.05, 4.69) is 12.2 Å². The molecule has 0 unspecified atom stereocenters. The van der Waals surface area contributed by atoms with Crippen LogP contribution in [0.4, 0.5) is 0 Å². The van der Waals surface area contributed by atoms with E-state index in [4.69, 9.17) is 10.5 Å². The second kappa shape index (κ2) is 8.49. The minimum absolute atomic E-state index is 0.233. The van der Waals surface area contributed by atoms with Crippen molar-refractivity contribution in [3.63, 3.8) is 0 Å². The zero-order chi connectivity index (χ0) is 9.23. The molecule has 4 nitrogen and oxygen atoms in total. The Bertz CT molecular complexity index is 118. The lowest BCUT2D eigenvalue weighted by Gasteiger charge is -2.03. The molecule has 0 atom stereocenters. The van der Waals surface area contributed by atoms with Gasteiger partial charge in [0.25, 0.3) is 0 Å². The van der Waals surface area contributed by atoms with Crippen LogP contribution in [0.15, 0.2) is 0 Å². The van der Waals surface area contributed by atoms with Crippen molar-refractivity contribution in [3.05, 3.63) is 0 Å². The van der Waals surface area contributed by atoms with E-state index in [0.717, 1.165) is 19.4 Å². The number of hydrogen-bond acceptors (Lipinski definition) is 3. The third kappa shape index (κ3) is 9.39. The van der Waals surface area contributed by atoms with Crippen LogP contribution in [0.25, 0.3) is 0 Å². The molecule has 0 saturated heterocycles. The first-order valence-corrected chi connectivity index (χ1v) is 4.34. The number of hydrogen-bond donors (Lipinski definition) is 2. The molecule has 0 heterocycles. The van der Waals surface area contributed by atoms with Gasteiger partial charge in [0.15, 0.2) is 0 Å². The van der Waals surface area contributed by atoms with Crippen LogP contribution in [0.1, 0.15) is 19.8 Å². The van der Waals surface area contributed by atoms with Gasteiger partial charge < -0.3 is 15.8 Å². The van der Waals surface area contributed by atoms with Crippen molar-refractivity contribution in [2.24, 2.45) is 5.73 Å². The number of rotatable bonds is 8. The Morgan fingerprint density at radius 1 is 1.50 bits per heavy atom. The molecule has 0 aliphatic carbocycles. The van der Waals surface area contributed by atoms with Gasteiger partial charge in [0.1, 0.15) is 0 Å². The summed E-state index contributed by atoms with van der Waals surface area (Å²) < 4.78 is 5.24. The summed E-state index contributed by atoms with van der Waals surface area (Å²) in [4.78, 5) is 10.3. The number of primary amides is 1. The number of amides is 1. The van der Waals surface area contributed by atoms with Crippen molar-refractivity contribution in [1.82, 2.24) is 5.32 Å². The Balaban J connectivity index is 2.86. The van der Waals surface area contributed by atoms with Crippen molar-refractivity contribution in [3.8, 4) is 0 Å². The highest BCUT2D eigenvalue weighted by Gasteiger charge is 1.91. The lowest BCUT2D eigenvalue weighted by atomic mass is 10.4. The van der Waals surface area contributed by atoms with Crippen LogP contribution >= 0.6 is 0 Å². The van der Waals surface area contributed by atoms with E-state index in [0.29, 0.717) is 13.2 Å². The van der Waals surface area contributed by atoms with Crippen molar-refractivity contribution in [2.75, 3.05) is 26.3 Å². The maximum atomic E-state index is 10.3. The van der Waals surface area contributed by atoms with Gasteiger partial charge in [0, 0.05) is 13.2 Å². The van der Waals surface area contributed by atoms with Crippen LogP contribution < -0.4 is 11.1 Å². The first-order chi connectivity index (χ1) is 5.77. The van der Waals surface area contributed by atoms with Crippen molar-refractivity contribution >= 4 is 5.91 Å². The van der Waals surface area contributed by atoms with Crippen LogP contribution in [0, 0.1) is 0 Å². The number of unbranched alkanes of at least 4 members (excludes halogenated alkanes) is 1. The molecule has 12 heavy (non-hydrogen) atoms. The zero-order valence-corrected chi connectivity index (χ0v) is 7.64. The summed E-state index contributed by atoms with van der Waals surface area (Å²) >= 11 is 0. The van der Waals surface area contributed by atoms with Gasteiger partial charge in [0.2, 0.25) is 5.91 Å². The fourth-order valence-corrected chi connectivity index (χ4v) is 0.704. The summed E-state index contributed by atoms with van der Waals surface area (Å²) in [6.07, 6.45) is 2.24. The highest BCUT2D eigenvalue weighted by molar-refractivity contribution is 5.75. The molecule has 0 rings (SSSR count). The van der Waals surface area contributed by atoms with Crippen LogP contribution in [-0.4, -0.2) is 32.2 Å². The maximum absolute atomic E-state index is 10.3. The van der Waals surface area contributed by atoms with Gasteiger partial charge in [-0.25, -0.2) is 0 Å². The summed E-state index contributed by atoms with van der Waals surface area (Å²) in [5.74, 6) is -0.330. The molecular weight excluding hydrogens is 156 g/mol. The summed E-state index contributed by atoms with van der Waals surface area (Å²) in [7, 11) is 0. The first-order valence-electron chi connectivity index (χ1n) is 4.34. The summed E-state index contributed by atoms with van der Waals surface area (Å²) in [5, 5.41) is 2.86. The topological polar surface area (TPSA) is 64.3 Å². The first kappa shape index (κ1) is 11.4. The average molecular weight is 174 g/mol. The molecule has 0 radical (unpaired) electrons. The largest absolute Gasteiger partial charge is 0.380 e. The maximum Gasteiger partial charge on any atom is 0.231 e. The third-order valence-electron chi connectivity index (χ3n) is 1.36. The Kier molecular flexibility index (Phi) is 8.05. The van der Waals surface area contributed by atoms with Crippen LogP contribution in [0.5, 0.6) is 0 Å². The number of nitrogens with one attached hydrogen (secondary N) is 1. The highest BCUT2D eigenvalue weighted by Crippen LogP contribution is 1.86. The Morgan fingerprint density at radius 3 is 2.83 bits per heavy atom. The Morgan fingerprint density at radius 2 is 2.25 bits per heavy atom.